The number of benzene rings is 2. The fourth-order valence-corrected chi connectivity index (χ4v) is 3.28. The van der Waals surface area contributed by atoms with E-state index in [9.17, 15) is 19.2 Å². The number of ether oxygens (including phenoxy) is 2. The summed E-state index contributed by atoms with van der Waals surface area (Å²) in [6.45, 7) is 3.75. The number of carboxylic acid groups (broad SMARTS) is 1. The molecule has 2 rings (SSSR count). The van der Waals surface area contributed by atoms with Gasteiger partial charge in [-0.1, -0.05) is 55.5 Å². The van der Waals surface area contributed by atoms with E-state index in [-0.39, 0.29) is 6.61 Å². The van der Waals surface area contributed by atoms with Crippen LogP contribution in [0, 0.1) is 5.92 Å². The Morgan fingerprint density at radius 3 is 2.19 bits per heavy atom. The lowest BCUT2D eigenvalue weighted by Gasteiger charge is -2.28. The summed E-state index contributed by atoms with van der Waals surface area (Å²) in [6.07, 6.45) is -0.669. The summed E-state index contributed by atoms with van der Waals surface area (Å²) in [5, 5.41) is 17.3. The van der Waals surface area contributed by atoms with E-state index in [1.54, 1.807) is 37.3 Å². The Bertz CT molecular complexity index is 986. The van der Waals surface area contributed by atoms with Crippen molar-refractivity contribution in [2.75, 3.05) is 19.7 Å². The van der Waals surface area contributed by atoms with Crippen LogP contribution in [-0.2, 0) is 30.3 Å². The molecule has 0 saturated carbocycles. The van der Waals surface area contributed by atoms with Gasteiger partial charge in [-0.2, -0.15) is 0 Å². The van der Waals surface area contributed by atoms with Gasteiger partial charge in [-0.25, -0.2) is 9.59 Å². The van der Waals surface area contributed by atoms with E-state index in [4.69, 9.17) is 14.6 Å². The van der Waals surface area contributed by atoms with Gasteiger partial charge >= 0.3 is 11.9 Å². The molecule has 3 atom stereocenters. The SMILES string of the molecule is CCNC(NC(=O)C(C)C(=O)NCCCc1ccccc1)C(COc1ccccc1)OC(=O)C(=O)O. The Hall–Kier alpha value is -3.92. The van der Waals surface area contributed by atoms with Gasteiger partial charge in [0.15, 0.2) is 6.10 Å². The number of aryl methyl sites for hydroxylation is 1. The minimum atomic E-state index is -1.77. The van der Waals surface area contributed by atoms with Gasteiger partial charge in [0.1, 0.15) is 24.4 Å². The third-order valence-electron chi connectivity index (χ3n) is 5.25. The zero-order chi connectivity index (χ0) is 26.3. The van der Waals surface area contributed by atoms with Crippen LogP contribution in [0.25, 0.3) is 0 Å². The molecule has 4 N–H and O–H groups in total. The number of rotatable bonds is 14. The standard InChI is InChI=1S/C26H33N3O7/c1-3-27-22(21(36-26(34)25(32)33)17-35-20-14-8-5-9-15-20)29-24(31)18(2)23(30)28-16-10-13-19-11-6-4-7-12-19/h4-9,11-12,14-15,18,21-22,27H,3,10,13,16-17H2,1-2H3,(H,28,30)(H,29,31)(H,32,33). The molecule has 0 bridgehead atoms. The van der Waals surface area contributed by atoms with Crippen LogP contribution in [0.5, 0.6) is 5.75 Å². The summed E-state index contributed by atoms with van der Waals surface area (Å²) < 4.78 is 10.7. The van der Waals surface area contributed by atoms with Gasteiger partial charge in [0, 0.05) is 6.54 Å². The summed E-state index contributed by atoms with van der Waals surface area (Å²) in [5.74, 6) is -4.89. The molecule has 0 radical (unpaired) electrons. The first kappa shape index (κ1) is 28.3. The average molecular weight is 500 g/mol. The Morgan fingerprint density at radius 1 is 0.944 bits per heavy atom. The molecule has 0 aliphatic heterocycles. The van der Waals surface area contributed by atoms with Crippen LogP contribution in [-0.4, -0.2) is 60.8 Å². The topological polar surface area (TPSA) is 143 Å². The number of likely N-dealkylation sites (N-methyl/N-ethyl adjacent to an activating group) is 1. The number of para-hydroxylation sites is 1. The largest absolute Gasteiger partial charge is 0.490 e. The van der Waals surface area contributed by atoms with Crippen molar-refractivity contribution in [3.8, 4) is 5.75 Å². The van der Waals surface area contributed by atoms with E-state index in [1.165, 1.54) is 6.92 Å². The van der Waals surface area contributed by atoms with E-state index in [0.717, 1.165) is 12.0 Å². The molecule has 3 unspecified atom stereocenters. The number of esters is 1. The number of carbonyl (C=O) groups is 4. The maximum absolute atomic E-state index is 12.8. The van der Waals surface area contributed by atoms with Crippen LogP contribution in [0.4, 0.5) is 0 Å². The van der Waals surface area contributed by atoms with Gasteiger partial charge < -0.3 is 25.2 Å². The van der Waals surface area contributed by atoms with Gasteiger partial charge in [-0.3, -0.25) is 14.9 Å². The molecule has 2 amide bonds. The van der Waals surface area contributed by atoms with Crippen molar-refractivity contribution in [1.82, 2.24) is 16.0 Å². The van der Waals surface area contributed by atoms with Gasteiger partial charge in [0.05, 0.1) is 0 Å². The molecule has 10 heteroatoms. The van der Waals surface area contributed by atoms with Gasteiger partial charge in [-0.15, -0.1) is 0 Å². The maximum Gasteiger partial charge on any atom is 0.417 e. The smallest absolute Gasteiger partial charge is 0.417 e. The lowest BCUT2D eigenvalue weighted by Crippen LogP contribution is -2.58. The molecule has 2 aromatic carbocycles. The summed E-state index contributed by atoms with van der Waals surface area (Å²) >= 11 is 0. The Balaban J connectivity index is 1.96. The van der Waals surface area contributed by atoms with Crippen molar-refractivity contribution >= 4 is 23.8 Å². The summed E-state index contributed by atoms with van der Waals surface area (Å²) in [5.41, 5.74) is 1.16. The van der Waals surface area contributed by atoms with E-state index in [0.29, 0.717) is 25.3 Å². The number of hydrogen-bond acceptors (Lipinski definition) is 7. The monoisotopic (exact) mass is 499 g/mol. The van der Waals surface area contributed by atoms with Crippen molar-refractivity contribution in [2.24, 2.45) is 5.92 Å². The fourth-order valence-electron chi connectivity index (χ4n) is 3.28. The van der Waals surface area contributed by atoms with Crippen molar-refractivity contribution in [1.29, 1.82) is 0 Å². The lowest BCUT2D eigenvalue weighted by atomic mass is 10.1. The van der Waals surface area contributed by atoms with Crippen molar-refractivity contribution in [3.05, 3.63) is 66.2 Å². The van der Waals surface area contributed by atoms with Gasteiger partial charge in [0.25, 0.3) is 0 Å². The normalized spacial score (nSPS) is 13.1. The molecule has 0 aliphatic carbocycles. The second-order valence-electron chi connectivity index (χ2n) is 8.02. The number of hydrogen-bond donors (Lipinski definition) is 4. The molecule has 0 spiro atoms. The number of nitrogens with one attached hydrogen (secondary N) is 3. The number of aliphatic carboxylic acids is 1. The molecular weight excluding hydrogens is 466 g/mol. The third kappa shape index (κ3) is 9.75. The first-order valence-electron chi connectivity index (χ1n) is 11.8. The Labute approximate surface area is 210 Å². The number of amides is 2. The third-order valence-corrected chi connectivity index (χ3v) is 5.25. The Morgan fingerprint density at radius 2 is 1.58 bits per heavy atom. The lowest BCUT2D eigenvalue weighted by molar-refractivity contribution is -0.170. The Kier molecular flexibility index (Phi) is 11.9. The molecule has 36 heavy (non-hydrogen) atoms. The number of carbonyl (C=O) groups excluding carboxylic acids is 3. The highest BCUT2D eigenvalue weighted by Gasteiger charge is 2.32. The molecule has 0 aliphatic rings. The van der Waals surface area contributed by atoms with Gasteiger partial charge in [-0.05, 0) is 44.0 Å². The molecule has 0 saturated heterocycles. The van der Waals surface area contributed by atoms with E-state index in [1.807, 2.05) is 30.3 Å². The zero-order valence-corrected chi connectivity index (χ0v) is 20.4. The van der Waals surface area contributed by atoms with E-state index >= 15 is 0 Å². The highest BCUT2D eigenvalue weighted by molar-refractivity contribution is 6.28. The van der Waals surface area contributed by atoms with Crippen molar-refractivity contribution < 1.29 is 33.8 Å². The predicted molar refractivity (Wildman–Crippen MR) is 132 cm³/mol. The van der Waals surface area contributed by atoms with Crippen LogP contribution < -0.4 is 20.7 Å². The van der Waals surface area contributed by atoms with E-state index < -0.39 is 41.9 Å². The molecular formula is C26H33N3O7. The minimum absolute atomic E-state index is 0.235. The predicted octanol–water partition coefficient (Wildman–Crippen LogP) is 1.50. The highest BCUT2D eigenvalue weighted by Crippen LogP contribution is 2.11. The van der Waals surface area contributed by atoms with Crippen LogP contribution in [0.3, 0.4) is 0 Å². The molecule has 0 aromatic heterocycles. The quantitative estimate of drug-likeness (QED) is 0.101. The van der Waals surface area contributed by atoms with E-state index in [2.05, 4.69) is 16.0 Å². The molecule has 0 fully saturated rings. The minimum Gasteiger partial charge on any atom is -0.490 e. The summed E-state index contributed by atoms with van der Waals surface area (Å²) in [7, 11) is 0. The number of carboxylic acids is 1. The molecule has 10 nitrogen and oxygen atoms in total. The second kappa shape index (κ2) is 15.2. The zero-order valence-electron chi connectivity index (χ0n) is 20.4. The highest BCUT2D eigenvalue weighted by atomic mass is 16.6. The summed E-state index contributed by atoms with van der Waals surface area (Å²) in [4.78, 5) is 48.1. The second-order valence-corrected chi connectivity index (χ2v) is 8.02. The fraction of sp³-hybridized carbons (Fsp3) is 0.385. The molecule has 2 aromatic rings. The average Bonchev–Trinajstić information content (AvgIpc) is 2.89. The van der Waals surface area contributed by atoms with Crippen molar-refractivity contribution in [3.63, 3.8) is 0 Å². The molecule has 194 valence electrons. The first-order valence-corrected chi connectivity index (χ1v) is 11.8. The van der Waals surface area contributed by atoms with Crippen LogP contribution in [0.15, 0.2) is 60.7 Å². The van der Waals surface area contributed by atoms with Crippen LogP contribution in [0.1, 0.15) is 25.8 Å². The summed E-state index contributed by atoms with van der Waals surface area (Å²) in [6, 6.07) is 18.5. The van der Waals surface area contributed by atoms with Crippen LogP contribution in [0.2, 0.25) is 0 Å². The van der Waals surface area contributed by atoms with Crippen LogP contribution >= 0.6 is 0 Å². The van der Waals surface area contributed by atoms with Crippen molar-refractivity contribution in [2.45, 2.75) is 39.0 Å². The maximum atomic E-state index is 12.8. The first-order chi connectivity index (χ1) is 17.3. The molecule has 0 heterocycles. The van der Waals surface area contributed by atoms with Gasteiger partial charge in [0.2, 0.25) is 11.8 Å².